The molecule has 2 rings (SSSR count). The van der Waals surface area contributed by atoms with Crippen LogP contribution < -0.4 is 10.6 Å². The maximum Gasteiger partial charge on any atom is 0.408 e. The number of carbonyl (C=O) groups excluding carboxylic acids is 3. The van der Waals surface area contributed by atoms with Gasteiger partial charge in [-0.1, -0.05) is 60.7 Å². The molecule has 2 amide bonds. The van der Waals surface area contributed by atoms with E-state index in [2.05, 4.69) is 10.6 Å². The molecule has 2 atom stereocenters. The van der Waals surface area contributed by atoms with Crippen molar-refractivity contribution in [1.82, 2.24) is 10.6 Å². The third-order valence-electron chi connectivity index (χ3n) is 4.68. The van der Waals surface area contributed by atoms with Gasteiger partial charge in [0.05, 0.1) is 11.8 Å². The summed E-state index contributed by atoms with van der Waals surface area (Å²) in [4.78, 5) is 36.4. The fraction of sp³-hybridized carbons (Fsp3) is 0.348. The van der Waals surface area contributed by atoms with Gasteiger partial charge < -0.3 is 20.2 Å². The minimum absolute atomic E-state index is 0.0437. The summed E-state index contributed by atoms with van der Waals surface area (Å²) in [5.74, 6) is -0.819. The molecule has 0 aliphatic heterocycles. The van der Waals surface area contributed by atoms with E-state index < -0.39 is 33.9 Å². The lowest BCUT2D eigenvalue weighted by molar-refractivity contribution is -0.125. The Balaban J connectivity index is 2.00. The van der Waals surface area contributed by atoms with Crippen molar-refractivity contribution < 1.29 is 27.5 Å². The number of rotatable bonds is 12. The third-order valence-corrected chi connectivity index (χ3v) is 5.65. The summed E-state index contributed by atoms with van der Waals surface area (Å²) >= 11 is 0. The van der Waals surface area contributed by atoms with Gasteiger partial charge in [0, 0.05) is 6.26 Å². The Kier molecular flexibility index (Phi) is 9.87. The Bertz CT molecular complexity index is 980. The van der Waals surface area contributed by atoms with Gasteiger partial charge in [-0.25, -0.2) is 13.2 Å². The zero-order valence-corrected chi connectivity index (χ0v) is 18.7. The summed E-state index contributed by atoms with van der Waals surface area (Å²) in [5.41, 5.74) is 1.78. The van der Waals surface area contributed by atoms with Gasteiger partial charge in [-0.15, -0.1) is 0 Å². The van der Waals surface area contributed by atoms with Crippen LogP contribution in [-0.2, 0) is 37.2 Å². The minimum Gasteiger partial charge on any atom is -0.445 e. The highest BCUT2D eigenvalue weighted by Gasteiger charge is 2.24. The van der Waals surface area contributed by atoms with Crippen LogP contribution in [0.1, 0.15) is 24.0 Å². The van der Waals surface area contributed by atoms with Crippen molar-refractivity contribution in [2.75, 3.05) is 12.0 Å². The molecule has 0 aliphatic rings. The van der Waals surface area contributed by atoms with E-state index in [1.54, 1.807) is 0 Å². The van der Waals surface area contributed by atoms with Gasteiger partial charge >= 0.3 is 6.09 Å². The fourth-order valence-electron chi connectivity index (χ4n) is 2.93. The van der Waals surface area contributed by atoms with Crippen molar-refractivity contribution in [2.24, 2.45) is 0 Å². The number of amides is 2. The number of alkyl carbamates (subject to hydrolysis) is 1. The van der Waals surface area contributed by atoms with Crippen LogP contribution >= 0.6 is 0 Å². The van der Waals surface area contributed by atoms with E-state index in [0.29, 0.717) is 12.7 Å². The van der Waals surface area contributed by atoms with E-state index in [4.69, 9.17) is 4.74 Å². The minimum atomic E-state index is -3.28. The first kappa shape index (κ1) is 25.1. The van der Waals surface area contributed by atoms with Crippen LogP contribution in [0.15, 0.2) is 60.7 Å². The van der Waals surface area contributed by atoms with Gasteiger partial charge in [-0.05, 0) is 30.4 Å². The summed E-state index contributed by atoms with van der Waals surface area (Å²) in [7, 11) is -3.28. The Hall–Kier alpha value is -3.20. The van der Waals surface area contributed by atoms with Crippen molar-refractivity contribution in [3.05, 3.63) is 71.8 Å². The normalized spacial score (nSPS) is 12.9. The van der Waals surface area contributed by atoms with Gasteiger partial charge in [-0.3, -0.25) is 4.79 Å². The molecule has 2 aromatic rings. The molecule has 32 heavy (non-hydrogen) atoms. The van der Waals surface area contributed by atoms with Crippen molar-refractivity contribution in [3.8, 4) is 0 Å². The summed E-state index contributed by atoms with van der Waals surface area (Å²) < 4.78 is 27.9. The van der Waals surface area contributed by atoms with Crippen molar-refractivity contribution in [3.63, 3.8) is 0 Å². The SMILES string of the molecule is CS(=O)(=O)CC[C@@H](C=O)NC(=O)[C@H](CCc1ccccc1)NC(=O)OCc1ccccc1. The second kappa shape index (κ2) is 12.6. The average Bonchev–Trinajstić information content (AvgIpc) is 2.78. The maximum atomic E-state index is 12.8. The molecule has 0 unspecified atom stereocenters. The number of benzene rings is 2. The summed E-state index contributed by atoms with van der Waals surface area (Å²) in [5, 5.41) is 5.06. The molecule has 0 fully saturated rings. The Labute approximate surface area is 188 Å². The first-order chi connectivity index (χ1) is 15.3. The smallest absolute Gasteiger partial charge is 0.408 e. The van der Waals surface area contributed by atoms with E-state index in [1.807, 2.05) is 60.7 Å². The van der Waals surface area contributed by atoms with Gasteiger partial charge in [-0.2, -0.15) is 0 Å². The molecule has 0 saturated heterocycles. The average molecular weight is 461 g/mol. The molecule has 0 saturated carbocycles. The third kappa shape index (κ3) is 9.74. The van der Waals surface area contributed by atoms with Gasteiger partial charge in [0.25, 0.3) is 0 Å². The number of hydrogen-bond donors (Lipinski definition) is 2. The molecule has 0 aliphatic carbocycles. The number of sulfone groups is 1. The molecule has 8 nitrogen and oxygen atoms in total. The predicted molar refractivity (Wildman–Crippen MR) is 121 cm³/mol. The molecule has 172 valence electrons. The van der Waals surface area contributed by atoms with Crippen molar-refractivity contribution in [1.29, 1.82) is 0 Å². The maximum absolute atomic E-state index is 12.8. The summed E-state index contributed by atoms with van der Waals surface area (Å²) in [6, 6.07) is 16.6. The number of ether oxygens (including phenoxy) is 1. The topological polar surface area (TPSA) is 119 Å². The number of carbonyl (C=O) groups is 3. The first-order valence-electron chi connectivity index (χ1n) is 10.2. The highest BCUT2D eigenvalue weighted by atomic mass is 32.2. The first-order valence-corrected chi connectivity index (χ1v) is 12.3. The Morgan fingerprint density at radius 2 is 1.53 bits per heavy atom. The number of aryl methyl sites for hydroxylation is 1. The molecule has 9 heteroatoms. The van der Waals surface area contributed by atoms with E-state index in [0.717, 1.165) is 17.4 Å². The van der Waals surface area contributed by atoms with Crippen LogP contribution in [-0.4, -0.2) is 50.8 Å². The zero-order chi connectivity index (χ0) is 23.4. The molecule has 0 radical (unpaired) electrons. The van der Waals surface area contributed by atoms with Crippen LogP contribution in [0.2, 0.25) is 0 Å². The molecule has 2 N–H and O–H groups in total. The molecular weight excluding hydrogens is 432 g/mol. The van der Waals surface area contributed by atoms with Crippen LogP contribution in [0.5, 0.6) is 0 Å². The summed E-state index contributed by atoms with van der Waals surface area (Å²) in [6.07, 6.45) is 1.52. The fourth-order valence-corrected chi connectivity index (χ4v) is 3.61. The lowest BCUT2D eigenvalue weighted by atomic mass is 10.0. The second-order valence-electron chi connectivity index (χ2n) is 7.45. The quantitative estimate of drug-likeness (QED) is 0.468. The summed E-state index contributed by atoms with van der Waals surface area (Å²) in [6.45, 7) is 0.0466. The Morgan fingerprint density at radius 3 is 2.09 bits per heavy atom. The van der Waals surface area contributed by atoms with Crippen LogP contribution in [0.3, 0.4) is 0 Å². The number of aldehydes is 1. The Morgan fingerprint density at radius 1 is 0.938 bits per heavy atom. The van der Waals surface area contributed by atoms with Crippen molar-refractivity contribution in [2.45, 2.75) is 38.0 Å². The van der Waals surface area contributed by atoms with E-state index in [9.17, 15) is 22.8 Å². The van der Waals surface area contributed by atoms with Crippen LogP contribution in [0, 0.1) is 0 Å². The van der Waals surface area contributed by atoms with E-state index in [-0.39, 0.29) is 25.2 Å². The van der Waals surface area contributed by atoms with Crippen molar-refractivity contribution >= 4 is 28.1 Å². The van der Waals surface area contributed by atoms with Gasteiger partial charge in [0.15, 0.2) is 0 Å². The molecule has 0 bridgehead atoms. The molecule has 2 aromatic carbocycles. The van der Waals surface area contributed by atoms with Gasteiger partial charge in [0.2, 0.25) is 5.91 Å². The van der Waals surface area contributed by atoms with Crippen LogP contribution in [0.25, 0.3) is 0 Å². The monoisotopic (exact) mass is 460 g/mol. The molecule has 0 heterocycles. The molecular formula is C23H28N2O6S. The van der Waals surface area contributed by atoms with Gasteiger partial charge in [0.1, 0.15) is 28.8 Å². The number of hydrogen-bond acceptors (Lipinski definition) is 6. The lowest BCUT2D eigenvalue weighted by Gasteiger charge is -2.21. The highest BCUT2D eigenvalue weighted by Crippen LogP contribution is 2.07. The standard InChI is InChI=1S/C23H28N2O6S/c1-32(29,30)15-14-20(16-26)24-22(27)21(13-12-18-8-4-2-5-9-18)25-23(28)31-17-19-10-6-3-7-11-19/h2-11,16,20-21H,12-15,17H2,1H3,(H,24,27)(H,25,28)/t20-,21-/m0/s1. The largest absolute Gasteiger partial charge is 0.445 e. The predicted octanol–water partition coefficient (Wildman–Crippen LogP) is 2.03. The second-order valence-corrected chi connectivity index (χ2v) is 9.71. The zero-order valence-electron chi connectivity index (χ0n) is 17.9. The van der Waals surface area contributed by atoms with Crippen LogP contribution in [0.4, 0.5) is 4.79 Å². The number of nitrogens with one attached hydrogen (secondary N) is 2. The van der Waals surface area contributed by atoms with E-state index in [1.165, 1.54) is 0 Å². The highest BCUT2D eigenvalue weighted by molar-refractivity contribution is 7.90. The lowest BCUT2D eigenvalue weighted by Crippen LogP contribution is -2.50. The molecule has 0 aromatic heterocycles. The van der Waals surface area contributed by atoms with E-state index >= 15 is 0 Å². The molecule has 0 spiro atoms.